The number of nitrogens with one attached hydrogen (secondary N) is 1. The summed E-state index contributed by atoms with van der Waals surface area (Å²) in [6, 6.07) is 6.84. The van der Waals surface area contributed by atoms with Gasteiger partial charge in [-0.3, -0.25) is 24.3 Å². The van der Waals surface area contributed by atoms with Crippen LogP contribution in [0.1, 0.15) is 40.1 Å². The molecule has 3 N–H and O–H groups in total. The minimum atomic E-state index is -0.590. The number of imide groups is 1. The van der Waals surface area contributed by atoms with Gasteiger partial charge in [0.2, 0.25) is 0 Å². The number of hydrogen-bond donors (Lipinski definition) is 2. The van der Waals surface area contributed by atoms with E-state index in [2.05, 4.69) is 24.1 Å². The van der Waals surface area contributed by atoms with Gasteiger partial charge < -0.3 is 10.6 Å². The first kappa shape index (κ1) is 15.4. The fourth-order valence-corrected chi connectivity index (χ4v) is 3.85. The smallest absolute Gasteiger partial charge is 0.262 e. The molecule has 1 aromatic carbocycles. The lowest BCUT2D eigenvalue weighted by molar-refractivity contribution is 0.0880. The molecule has 0 bridgehead atoms. The largest absolute Gasteiger partial charge is 0.384 e. The van der Waals surface area contributed by atoms with Crippen LogP contribution in [0.4, 0.5) is 11.5 Å². The molecule has 0 atom stereocenters. The molecule has 0 spiro atoms. The SMILES string of the molecule is CN1CC(C)(C)c2cc(-n3c(N)c4c(cc3=O)C(=O)NC4=O)ccc21. The average Bonchev–Trinajstić information content (AvgIpc) is 2.92. The lowest BCUT2D eigenvalue weighted by atomic mass is 9.87. The molecule has 0 unspecified atom stereocenters. The van der Waals surface area contributed by atoms with E-state index in [1.165, 1.54) is 4.57 Å². The third-order valence-corrected chi connectivity index (χ3v) is 4.96. The molecule has 1 aromatic heterocycles. The lowest BCUT2D eigenvalue weighted by Gasteiger charge is -2.19. The molecule has 2 amide bonds. The summed E-state index contributed by atoms with van der Waals surface area (Å²) in [5.41, 5.74) is 8.48. The Morgan fingerprint density at radius 3 is 2.56 bits per heavy atom. The van der Waals surface area contributed by atoms with Crippen molar-refractivity contribution in [3.05, 3.63) is 51.3 Å². The summed E-state index contributed by atoms with van der Waals surface area (Å²) >= 11 is 0. The van der Waals surface area contributed by atoms with Gasteiger partial charge >= 0.3 is 0 Å². The Morgan fingerprint density at radius 2 is 1.84 bits per heavy atom. The molecule has 0 aliphatic carbocycles. The van der Waals surface area contributed by atoms with Gasteiger partial charge in [0, 0.05) is 30.8 Å². The first-order chi connectivity index (χ1) is 11.7. The number of nitrogens with two attached hydrogens (primary N) is 1. The van der Waals surface area contributed by atoms with Crippen LogP contribution in [0.3, 0.4) is 0 Å². The minimum Gasteiger partial charge on any atom is -0.384 e. The van der Waals surface area contributed by atoms with E-state index in [0.29, 0.717) is 5.69 Å². The van der Waals surface area contributed by atoms with Crippen molar-refractivity contribution in [1.29, 1.82) is 0 Å². The number of aromatic nitrogens is 1. The van der Waals surface area contributed by atoms with Crippen molar-refractivity contribution >= 4 is 23.3 Å². The van der Waals surface area contributed by atoms with E-state index in [1.807, 2.05) is 19.2 Å². The van der Waals surface area contributed by atoms with Gasteiger partial charge in [0.1, 0.15) is 5.82 Å². The van der Waals surface area contributed by atoms with Crippen molar-refractivity contribution < 1.29 is 9.59 Å². The molecule has 0 saturated heterocycles. The number of benzene rings is 1. The number of likely N-dealkylation sites (N-methyl/N-ethyl adjacent to an activating group) is 1. The van der Waals surface area contributed by atoms with Gasteiger partial charge in [-0.25, -0.2) is 0 Å². The molecular weight excluding hydrogens is 320 g/mol. The number of carbonyl (C=O) groups is 2. The van der Waals surface area contributed by atoms with Crippen molar-refractivity contribution in [2.24, 2.45) is 0 Å². The zero-order valence-corrected chi connectivity index (χ0v) is 14.2. The second-order valence-electron chi connectivity index (χ2n) is 7.22. The quantitative estimate of drug-likeness (QED) is 0.757. The Hall–Kier alpha value is -3.09. The van der Waals surface area contributed by atoms with Gasteiger partial charge in [0.25, 0.3) is 17.4 Å². The summed E-state index contributed by atoms with van der Waals surface area (Å²) in [5, 5.41) is 2.17. The highest BCUT2D eigenvalue weighted by atomic mass is 16.2. The van der Waals surface area contributed by atoms with Crippen molar-refractivity contribution in [3.63, 3.8) is 0 Å². The van der Waals surface area contributed by atoms with Crippen LogP contribution >= 0.6 is 0 Å². The highest BCUT2D eigenvalue weighted by molar-refractivity contribution is 6.23. The Bertz CT molecular complexity index is 1020. The second kappa shape index (κ2) is 4.72. The number of pyridine rings is 1. The van der Waals surface area contributed by atoms with E-state index in [4.69, 9.17) is 5.73 Å². The normalized spacial score (nSPS) is 17.5. The van der Waals surface area contributed by atoms with E-state index in [1.54, 1.807) is 6.07 Å². The molecule has 128 valence electrons. The summed E-state index contributed by atoms with van der Waals surface area (Å²) < 4.78 is 1.28. The van der Waals surface area contributed by atoms with Crippen LogP contribution in [-0.2, 0) is 5.41 Å². The monoisotopic (exact) mass is 338 g/mol. The fraction of sp³-hybridized carbons (Fsp3) is 0.278. The van der Waals surface area contributed by atoms with E-state index in [-0.39, 0.29) is 22.4 Å². The minimum absolute atomic E-state index is 0.0186. The molecule has 2 aromatic rings. The Balaban J connectivity index is 1.96. The fourth-order valence-electron chi connectivity index (χ4n) is 3.85. The Labute approximate surface area is 144 Å². The number of carbonyl (C=O) groups excluding carboxylic acids is 2. The van der Waals surface area contributed by atoms with Gasteiger partial charge in [0.15, 0.2) is 0 Å². The van der Waals surface area contributed by atoms with Gasteiger partial charge in [-0.05, 0) is 23.8 Å². The number of nitrogens with zero attached hydrogens (tertiary/aromatic N) is 2. The summed E-state index contributed by atoms with van der Waals surface area (Å²) in [5.74, 6) is -1.19. The Kier molecular flexibility index (Phi) is 2.91. The van der Waals surface area contributed by atoms with Crippen molar-refractivity contribution in [1.82, 2.24) is 9.88 Å². The summed E-state index contributed by atoms with van der Waals surface area (Å²) in [4.78, 5) is 38.5. The molecule has 0 fully saturated rings. The van der Waals surface area contributed by atoms with E-state index >= 15 is 0 Å². The highest BCUT2D eigenvalue weighted by Gasteiger charge is 2.35. The van der Waals surface area contributed by atoms with Crippen molar-refractivity contribution in [2.45, 2.75) is 19.3 Å². The maximum absolute atomic E-state index is 12.6. The average molecular weight is 338 g/mol. The van der Waals surface area contributed by atoms with Crippen LogP contribution < -0.4 is 21.5 Å². The molecule has 25 heavy (non-hydrogen) atoms. The predicted octanol–water partition coefficient (Wildman–Crippen LogP) is 1.03. The van der Waals surface area contributed by atoms with Gasteiger partial charge in [0.05, 0.1) is 16.8 Å². The van der Waals surface area contributed by atoms with Gasteiger partial charge in [-0.2, -0.15) is 0 Å². The van der Waals surface area contributed by atoms with E-state index in [0.717, 1.165) is 23.9 Å². The predicted molar refractivity (Wildman–Crippen MR) is 94.5 cm³/mol. The zero-order valence-electron chi connectivity index (χ0n) is 14.2. The number of amides is 2. The maximum atomic E-state index is 12.6. The molecule has 7 heteroatoms. The van der Waals surface area contributed by atoms with Crippen LogP contribution in [0.5, 0.6) is 0 Å². The van der Waals surface area contributed by atoms with E-state index < -0.39 is 17.4 Å². The molecule has 7 nitrogen and oxygen atoms in total. The molecule has 0 radical (unpaired) electrons. The third kappa shape index (κ3) is 2.02. The van der Waals surface area contributed by atoms with Crippen molar-refractivity contribution in [2.75, 3.05) is 24.2 Å². The van der Waals surface area contributed by atoms with E-state index in [9.17, 15) is 14.4 Å². The number of fused-ring (bicyclic) bond motifs is 2. The third-order valence-electron chi connectivity index (χ3n) is 4.96. The van der Waals surface area contributed by atoms with Crippen LogP contribution in [0.25, 0.3) is 5.69 Å². The standard InChI is InChI=1S/C18H18N4O3/c1-18(2)8-21(3)12-5-4-9(6-11(12)18)22-13(23)7-10-14(15(22)19)17(25)20-16(10)24/h4-7H,8,19H2,1-3H3,(H,20,24,25). The van der Waals surface area contributed by atoms with Gasteiger partial charge in [-0.1, -0.05) is 13.8 Å². The van der Waals surface area contributed by atoms with Crippen LogP contribution in [-0.4, -0.2) is 30.0 Å². The number of rotatable bonds is 1. The number of anilines is 2. The summed E-state index contributed by atoms with van der Waals surface area (Å²) in [6.07, 6.45) is 0. The van der Waals surface area contributed by atoms with Crippen LogP contribution in [0.15, 0.2) is 29.1 Å². The number of nitrogen functional groups attached to an aromatic ring is 1. The second-order valence-corrected chi connectivity index (χ2v) is 7.22. The van der Waals surface area contributed by atoms with Crippen molar-refractivity contribution in [3.8, 4) is 5.69 Å². The molecule has 2 aliphatic heterocycles. The van der Waals surface area contributed by atoms with Crippen LogP contribution in [0.2, 0.25) is 0 Å². The molecule has 2 aliphatic rings. The zero-order chi connectivity index (χ0) is 18.1. The highest BCUT2D eigenvalue weighted by Crippen LogP contribution is 2.40. The molecule has 0 saturated carbocycles. The molecular formula is C18H18N4O3. The first-order valence-corrected chi connectivity index (χ1v) is 7.98. The Morgan fingerprint density at radius 1 is 1.12 bits per heavy atom. The molecule has 3 heterocycles. The first-order valence-electron chi connectivity index (χ1n) is 7.98. The molecule has 4 rings (SSSR count). The van der Waals surface area contributed by atoms with Gasteiger partial charge in [-0.15, -0.1) is 0 Å². The maximum Gasteiger partial charge on any atom is 0.262 e. The lowest BCUT2D eigenvalue weighted by Crippen LogP contribution is -2.25. The topological polar surface area (TPSA) is 97.4 Å². The summed E-state index contributed by atoms with van der Waals surface area (Å²) in [6.45, 7) is 5.15. The number of hydrogen-bond acceptors (Lipinski definition) is 5. The van der Waals surface area contributed by atoms with Crippen LogP contribution in [0, 0.1) is 0 Å². The summed E-state index contributed by atoms with van der Waals surface area (Å²) in [7, 11) is 2.03.